The number of ether oxygens (including phenoxy) is 1. The number of benzene rings is 1. The van der Waals surface area contributed by atoms with Crippen molar-refractivity contribution in [2.24, 2.45) is 0 Å². The highest BCUT2D eigenvalue weighted by Crippen LogP contribution is 2.21. The molecule has 0 amide bonds. The number of nitrogens with zero attached hydrogens (tertiary/aromatic N) is 4. The number of aromatic nitrogens is 3. The van der Waals surface area contributed by atoms with Gasteiger partial charge in [0.2, 0.25) is 11.9 Å². The summed E-state index contributed by atoms with van der Waals surface area (Å²) < 4.78 is 5.60. The van der Waals surface area contributed by atoms with Crippen LogP contribution < -0.4 is 15.4 Å². The first-order chi connectivity index (χ1) is 9.45. The summed E-state index contributed by atoms with van der Waals surface area (Å²) in [4.78, 5) is 14.4. The van der Waals surface area contributed by atoms with Crippen LogP contribution in [0.5, 0.6) is 5.75 Å². The van der Waals surface area contributed by atoms with Gasteiger partial charge in [0.05, 0.1) is 6.10 Å². The third-order valence-corrected chi connectivity index (χ3v) is 2.53. The molecule has 1 aromatic heterocycles. The van der Waals surface area contributed by atoms with Gasteiger partial charge in [0.1, 0.15) is 5.75 Å². The predicted molar refractivity (Wildman–Crippen MR) is 79.8 cm³/mol. The van der Waals surface area contributed by atoms with Gasteiger partial charge in [-0.25, -0.2) is 0 Å². The van der Waals surface area contributed by atoms with Crippen LogP contribution in [0.2, 0.25) is 0 Å². The quantitative estimate of drug-likeness (QED) is 0.917. The number of nitrogen functional groups attached to an aromatic ring is 1. The van der Waals surface area contributed by atoms with Crippen LogP contribution in [0.3, 0.4) is 0 Å². The van der Waals surface area contributed by atoms with E-state index in [-0.39, 0.29) is 12.1 Å². The average molecular weight is 273 g/mol. The van der Waals surface area contributed by atoms with Crippen molar-refractivity contribution in [3.8, 4) is 17.1 Å². The van der Waals surface area contributed by atoms with Gasteiger partial charge < -0.3 is 15.4 Å². The fourth-order valence-electron chi connectivity index (χ4n) is 1.66. The Balaban J connectivity index is 2.31. The highest BCUT2D eigenvalue weighted by Gasteiger charge is 2.08. The number of hydrogen-bond donors (Lipinski definition) is 1. The van der Waals surface area contributed by atoms with E-state index in [1.54, 1.807) is 4.90 Å². The van der Waals surface area contributed by atoms with E-state index in [9.17, 15) is 0 Å². The van der Waals surface area contributed by atoms with Crippen LogP contribution in [0.1, 0.15) is 13.8 Å². The lowest BCUT2D eigenvalue weighted by Crippen LogP contribution is -2.15. The molecule has 6 nitrogen and oxygen atoms in total. The lowest BCUT2D eigenvalue weighted by molar-refractivity contribution is 0.242. The smallest absolute Gasteiger partial charge is 0.230 e. The lowest BCUT2D eigenvalue weighted by Gasteiger charge is -2.12. The Bertz CT molecular complexity index is 581. The molecular weight excluding hydrogens is 254 g/mol. The van der Waals surface area contributed by atoms with E-state index in [4.69, 9.17) is 10.5 Å². The molecule has 2 N–H and O–H groups in total. The Labute approximate surface area is 118 Å². The highest BCUT2D eigenvalue weighted by atomic mass is 16.5. The summed E-state index contributed by atoms with van der Waals surface area (Å²) in [5.41, 5.74) is 6.59. The molecule has 0 bridgehead atoms. The van der Waals surface area contributed by atoms with Crippen molar-refractivity contribution in [1.82, 2.24) is 15.0 Å². The van der Waals surface area contributed by atoms with Crippen molar-refractivity contribution in [2.75, 3.05) is 24.7 Å². The highest BCUT2D eigenvalue weighted by molar-refractivity contribution is 5.58. The summed E-state index contributed by atoms with van der Waals surface area (Å²) in [5.74, 6) is 2.12. The van der Waals surface area contributed by atoms with E-state index in [2.05, 4.69) is 15.0 Å². The fourth-order valence-corrected chi connectivity index (χ4v) is 1.66. The Kier molecular flexibility index (Phi) is 4.02. The number of hydrogen-bond acceptors (Lipinski definition) is 6. The van der Waals surface area contributed by atoms with Crippen molar-refractivity contribution in [3.05, 3.63) is 24.3 Å². The van der Waals surface area contributed by atoms with E-state index >= 15 is 0 Å². The summed E-state index contributed by atoms with van der Waals surface area (Å²) >= 11 is 0. The maximum absolute atomic E-state index is 5.72. The monoisotopic (exact) mass is 273 g/mol. The lowest BCUT2D eigenvalue weighted by atomic mass is 10.2. The van der Waals surface area contributed by atoms with Gasteiger partial charge >= 0.3 is 0 Å². The first-order valence-corrected chi connectivity index (χ1v) is 6.41. The van der Waals surface area contributed by atoms with Crippen LogP contribution in [-0.4, -0.2) is 35.2 Å². The minimum Gasteiger partial charge on any atom is -0.491 e. The minimum absolute atomic E-state index is 0.147. The van der Waals surface area contributed by atoms with Gasteiger partial charge in [-0.3, -0.25) is 0 Å². The summed E-state index contributed by atoms with van der Waals surface area (Å²) in [6.07, 6.45) is 0.147. The Morgan fingerprint density at radius 1 is 1.05 bits per heavy atom. The van der Waals surface area contributed by atoms with Gasteiger partial charge in [0.15, 0.2) is 5.82 Å². The van der Waals surface area contributed by atoms with Crippen LogP contribution >= 0.6 is 0 Å². The van der Waals surface area contributed by atoms with Gasteiger partial charge in [0, 0.05) is 19.7 Å². The molecule has 106 valence electrons. The number of rotatable bonds is 4. The molecule has 0 aliphatic heterocycles. The standard InChI is InChI=1S/C14H19N5O/c1-9(2)20-11-7-5-10(6-8-11)12-16-13(15)18-14(17-12)19(3)4/h5-9H,1-4H3,(H2,15,16,17,18). The minimum atomic E-state index is 0.147. The molecule has 0 atom stereocenters. The second kappa shape index (κ2) is 5.73. The van der Waals surface area contributed by atoms with Crippen LogP contribution in [0, 0.1) is 0 Å². The van der Waals surface area contributed by atoms with E-state index in [0.717, 1.165) is 11.3 Å². The molecule has 2 rings (SSSR count). The predicted octanol–water partition coefficient (Wildman–Crippen LogP) is 1.97. The zero-order chi connectivity index (χ0) is 14.7. The van der Waals surface area contributed by atoms with Crippen molar-refractivity contribution in [1.29, 1.82) is 0 Å². The van der Waals surface area contributed by atoms with Crippen LogP contribution in [0.25, 0.3) is 11.4 Å². The van der Waals surface area contributed by atoms with Crippen molar-refractivity contribution in [3.63, 3.8) is 0 Å². The first-order valence-electron chi connectivity index (χ1n) is 6.41. The molecule has 0 spiro atoms. The fraction of sp³-hybridized carbons (Fsp3) is 0.357. The molecule has 20 heavy (non-hydrogen) atoms. The first kappa shape index (κ1) is 14.0. The molecule has 0 saturated carbocycles. The summed E-state index contributed by atoms with van der Waals surface area (Å²) in [5, 5.41) is 0. The van der Waals surface area contributed by atoms with Crippen molar-refractivity contribution >= 4 is 11.9 Å². The molecule has 0 radical (unpaired) electrons. The van der Waals surface area contributed by atoms with E-state index < -0.39 is 0 Å². The SMILES string of the molecule is CC(C)Oc1ccc(-c2nc(N)nc(N(C)C)n2)cc1. The second-order valence-electron chi connectivity index (χ2n) is 4.90. The Morgan fingerprint density at radius 3 is 2.25 bits per heavy atom. The Morgan fingerprint density at radius 2 is 1.70 bits per heavy atom. The van der Waals surface area contributed by atoms with Gasteiger partial charge in [-0.05, 0) is 38.1 Å². The third-order valence-electron chi connectivity index (χ3n) is 2.53. The van der Waals surface area contributed by atoms with Gasteiger partial charge in [-0.15, -0.1) is 0 Å². The number of anilines is 2. The van der Waals surface area contributed by atoms with Crippen molar-refractivity contribution in [2.45, 2.75) is 20.0 Å². The van der Waals surface area contributed by atoms with Gasteiger partial charge in [0.25, 0.3) is 0 Å². The molecular formula is C14H19N5O. The average Bonchev–Trinajstić information content (AvgIpc) is 2.38. The van der Waals surface area contributed by atoms with Crippen LogP contribution in [0.4, 0.5) is 11.9 Å². The maximum Gasteiger partial charge on any atom is 0.230 e. The molecule has 6 heteroatoms. The zero-order valence-electron chi connectivity index (χ0n) is 12.2. The molecule has 0 fully saturated rings. The Hall–Kier alpha value is -2.37. The molecule has 0 unspecified atom stereocenters. The molecule has 0 aliphatic rings. The molecule has 0 aliphatic carbocycles. The molecule has 0 saturated heterocycles. The van der Waals surface area contributed by atoms with Crippen LogP contribution in [0.15, 0.2) is 24.3 Å². The summed E-state index contributed by atoms with van der Waals surface area (Å²) in [6.45, 7) is 3.98. The maximum atomic E-state index is 5.72. The molecule has 2 aromatic rings. The summed E-state index contributed by atoms with van der Waals surface area (Å²) in [7, 11) is 3.72. The van der Waals surface area contributed by atoms with E-state index in [1.807, 2.05) is 52.2 Å². The van der Waals surface area contributed by atoms with Crippen LogP contribution in [-0.2, 0) is 0 Å². The normalized spacial score (nSPS) is 10.7. The molecule has 1 aromatic carbocycles. The third kappa shape index (κ3) is 3.34. The summed E-state index contributed by atoms with van der Waals surface area (Å²) in [6, 6.07) is 7.60. The zero-order valence-corrected chi connectivity index (χ0v) is 12.2. The van der Waals surface area contributed by atoms with Crippen molar-refractivity contribution < 1.29 is 4.74 Å². The second-order valence-corrected chi connectivity index (χ2v) is 4.90. The largest absolute Gasteiger partial charge is 0.491 e. The molecule has 1 heterocycles. The van der Waals surface area contributed by atoms with E-state index in [0.29, 0.717) is 11.8 Å². The van der Waals surface area contributed by atoms with Gasteiger partial charge in [-0.2, -0.15) is 15.0 Å². The number of nitrogens with two attached hydrogens (primary N) is 1. The van der Waals surface area contributed by atoms with Gasteiger partial charge in [-0.1, -0.05) is 0 Å². The van der Waals surface area contributed by atoms with E-state index in [1.165, 1.54) is 0 Å². The topological polar surface area (TPSA) is 77.2 Å².